The van der Waals surface area contributed by atoms with Gasteiger partial charge in [-0.3, -0.25) is 9.59 Å². The highest BCUT2D eigenvalue weighted by Gasteiger charge is 2.29. The van der Waals surface area contributed by atoms with Crippen molar-refractivity contribution < 1.29 is 14.0 Å². The van der Waals surface area contributed by atoms with Crippen molar-refractivity contribution in [1.82, 2.24) is 15.2 Å². The molecule has 0 unspecified atom stereocenters. The SMILES string of the molecule is O=C(N[C@H](Cc1c[nH]c2ccccc12)C(=O)N1CCCC1)c1ccc(F)cc1. The predicted molar refractivity (Wildman–Crippen MR) is 105 cm³/mol. The van der Waals surface area contributed by atoms with Gasteiger partial charge >= 0.3 is 0 Å². The quantitative estimate of drug-likeness (QED) is 0.715. The number of rotatable bonds is 5. The number of hydrogen-bond acceptors (Lipinski definition) is 2. The minimum absolute atomic E-state index is 0.0711. The van der Waals surface area contributed by atoms with E-state index >= 15 is 0 Å². The molecular formula is C22H22FN3O2. The van der Waals surface area contributed by atoms with E-state index in [0.29, 0.717) is 12.0 Å². The van der Waals surface area contributed by atoms with Crippen LogP contribution in [0.1, 0.15) is 28.8 Å². The van der Waals surface area contributed by atoms with Gasteiger partial charge in [-0.1, -0.05) is 18.2 Å². The van der Waals surface area contributed by atoms with Crippen molar-refractivity contribution in [1.29, 1.82) is 0 Å². The van der Waals surface area contributed by atoms with Gasteiger partial charge in [-0.15, -0.1) is 0 Å². The molecule has 144 valence electrons. The minimum Gasteiger partial charge on any atom is -0.361 e. The molecule has 1 aliphatic heterocycles. The van der Waals surface area contributed by atoms with E-state index in [9.17, 15) is 14.0 Å². The number of halogens is 1. The Balaban J connectivity index is 1.58. The molecule has 1 saturated heterocycles. The molecule has 3 aromatic rings. The van der Waals surface area contributed by atoms with Crippen LogP contribution < -0.4 is 5.32 Å². The zero-order chi connectivity index (χ0) is 19.5. The predicted octanol–water partition coefficient (Wildman–Crippen LogP) is 3.27. The number of fused-ring (bicyclic) bond motifs is 1. The van der Waals surface area contributed by atoms with Crippen LogP contribution in [-0.2, 0) is 11.2 Å². The lowest BCUT2D eigenvalue weighted by Crippen LogP contribution is -2.49. The van der Waals surface area contributed by atoms with Gasteiger partial charge in [-0.05, 0) is 48.7 Å². The van der Waals surface area contributed by atoms with Crippen LogP contribution in [0, 0.1) is 5.82 Å². The fourth-order valence-electron chi connectivity index (χ4n) is 3.72. The average molecular weight is 379 g/mol. The average Bonchev–Trinajstić information content (AvgIpc) is 3.38. The van der Waals surface area contributed by atoms with E-state index in [1.54, 1.807) is 0 Å². The molecular weight excluding hydrogens is 357 g/mol. The van der Waals surface area contributed by atoms with Gasteiger partial charge in [0.15, 0.2) is 0 Å². The second-order valence-electron chi connectivity index (χ2n) is 7.13. The molecule has 1 fully saturated rings. The number of H-pyrrole nitrogens is 1. The van der Waals surface area contributed by atoms with Gasteiger partial charge in [0.1, 0.15) is 11.9 Å². The summed E-state index contributed by atoms with van der Waals surface area (Å²) in [7, 11) is 0. The maximum absolute atomic E-state index is 13.1. The molecule has 1 aliphatic rings. The van der Waals surface area contributed by atoms with Gasteiger partial charge < -0.3 is 15.2 Å². The first-order chi connectivity index (χ1) is 13.6. The molecule has 6 heteroatoms. The zero-order valence-corrected chi connectivity index (χ0v) is 15.5. The third-order valence-corrected chi connectivity index (χ3v) is 5.23. The Kier molecular flexibility index (Phi) is 5.10. The van der Waals surface area contributed by atoms with Gasteiger partial charge in [0.05, 0.1) is 0 Å². The van der Waals surface area contributed by atoms with Crippen LogP contribution >= 0.6 is 0 Å². The summed E-state index contributed by atoms with van der Waals surface area (Å²) in [6.45, 7) is 1.44. The zero-order valence-electron chi connectivity index (χ0n) is 15.5. The maximum atomic E-state index is 13.1. The van der Waals surface area contributed by atoms with Crippen molar-refractivity contribution in [2.24, 2.45) is 0 Å². The maximum Gasteiger partial charge on any atom is 0.251 e. The van der Waals surface area contributed by atoms with Gasteiger partial charge in [0.25, 0.3) is 5.91 Å². The molecule has 2 N–H and O–H groups in total. The lowest BCUT2D eigenvalue weighted by Gasteiger charge is -2.24. The first-order valence-electron chi connectivity index (χ1n) is 9.52. The number of aromatic amines is 1. The Hall–Kier alpha value is -3.15. The topological polar surface area (TPSA) is 65.2 Å². The van der Waals surface area contributed by atoms with E-state index in [4.69, 9.17) is 0 Å². The van der Waals surface area contributed by atoms with Crippen molar-refractivity contribution in [3.05, 3.63) is 71.7 Å². The van der Waals surface area contributed by atoms with E-state index in [1.165, 1.54) is 24.3 Å². The molecule has 1 aromatic heterocycles. The molecule has 5 nitrogen and oxygen atoms in total. The summed E-state index contributed by atoms with van der Waals surface area (Å²) in [6.07, 6.45) is 4.25. The third kappa shape index (κ3) is 3.76. The van der Waals surface area contributed by atoms with Crippen LogP contribution in [0.3, 0.4) is 0 Å². The smallest absolute Gasteiger partial charge is 0.251 e. The first kappa shape index (κ1) is 18.2. The van der Waals surface area contributed by atoms with Crippen LogP contribution in [0.2, 0.25) is 0 Å². The number of nitrogens with zero attached hydrogens (tertiary/aromatic N) is 1. The number of hydrogen-bond donors (Lipinski definition) is 2. The van der Waals surface area contributed by atoms with E-state index in [0.717, 1.165) is 42.4 Å². The lowest BCUT2D eigenvalue weighted by molar-refractivity contribution is -0.132. The van der Waals surface area contributed by atoms with E-state index in [-0.39, 0.29) is 11.8 Å². The number of likely N-dealkylation sites (tertiary alicyclic amines) is 1. The summed E-state index contributed by atoms with van der Waals surface area (Å²) >= 11 is 0. The van der Waals surface area contributed by atoms with Crippen LogP contribution in [0.4, 0.5) is 4.39 Å². The van der Waals surface area contributed by atoms with Crippen LogP contribution in [0.5, 0.6) is 0 Å². The van der Waals surface area contributed by atoms with Crippen LogP contribution in [0.15, 0.2) is 54.7 Å². The summed E-state index contributed by atoms with van der Waals surface area (Å²) in [5, 5.41) is 3.91. The normalized spacial score (nSPS) is 15.0. The molecule has 1 atom stereocenters. The van der Waals surface area contributed by atoms with E-state index < -0.39 is 11.9 Å². The monoisotopic (exact) mass is 379 g/mol. The molecule has 2 aromatic carbocycles. The van der Waals surface area contributed by atoms with Crippen molar-refractivity contribution in [2.75, 3.05) is 13.1 Å². The highest BCUT2D eigenvalue weighted by Crippen LogP contribution is 2.20. The molecule has 2 heterocycles. The highest BCUT2D eigenvalue weighted by atomic mass is 19.1. The number of benzene rings is 2. The van der Waals surface area contributed by atoms with Crippen molar-refractivity contribution >= 4 is 22.7 Å². The second-order valence-corrected chi connectivity index (χ2v) is 7.13. The standard InChI is InChI=1S/C22H22FN3O2/c23-17-9-7-15(8-10-17)21(27)25-20(22(28)26-11-3-4-12-26)13-16-14-24-19-6-2-1-5-18(16)19/h1-2,5-10,14,20,24H,3-4,11-13H2,(H,25,27)/t20-/m1/s1. The Morgan fingerprint density at radius 3 is 2.54 bits per heavy atom. The van der Waals surface area contributed by atoms with Crippen molar-refractivity contribution in [3.8, 4) is 0 Å². The third-order valence-electron chi connectivity index (χ3n) is 5.23. The Morgan fingerprint density at radius 2 is 1.79 bits per heavy atom. The largest absolute Gasteiger partial charge is 0.361 e. The summed E-state index contributed by atoms with van der Waals surface area (Å²) < 4.78 is 13.1. The highest BCUT2D eigenvalue weighted by molar-refractivity contribution is 5.98. The molecule has 4 rings (SSSR count). The fourth-order valence-corrected chi connectivity index (χ4v) is 3.72. The summed E-state index contributed by atoms with van der Waals surface area (Å²) in [4.78, 5) is 30.8. The molecule has 0 aliphatic carbocycles. The Labute approximate surface area is 162 Å². The van der Waals surface area contributed by atoms with Crippen LogP contribution in [-0.4, -0.2) is 40.8 Å². The van der Waals surface area contributed by atoms with Gasteiger partial charge in [0, 0.05) is 42.2 Å². The number of carbonyl (C=O) groups is 2. The number of aromatic nitrogens is 1. The molecule has 0 bridgehead atoms. The second kappa shape index (κ2) is 7.84. The number of para-hydroxylation sites is 1. The molecule has 0 saturated carbocycles. The van der Waals surface area contributed by atoms with Crippen molar-refractivity contribution in [3.63, 3.8) is 0 Å². The number of carbonyl (C=O) groups excluding carboxylic acids is 2. The Bertz CT molecular complexity index is 990. The van der Waals surface area contributed by atoms with Gasteiger partial charge in [0.2, 0.25) is 5.91 Å². The Morgan fingerprint density at radius 1 is 1.07 bits per heavy atom. The summed E-state index contributed by atoms with van der Waals surface area (Å²) in [5.41, 5.74) is 2.31. The number of nitrogens with one attached hydrogen (secondary N) is 2. The van der Waals surface area contributed by atoms with Crippen molar-refractivity contribution in [2.45, 2.75) is 25.3 Å². The van der Waals surface area contributed by atoms with E-state index in [1.807, 2.05) is 35.4 Å². The lowest BCUT2D eigenvalue weighted by atomic mass is 10.0. The molecule has 28 heavy (non-hydrogen) atoms. The molecule has 0 radical (unpaired) electrons. The summed E-state index contributed by atoms with van der Waals surface area (Å²) in [6, 6.07) is 12.5. The number of amides is 2. The fraction of sp³-hybridized carbons (Fsp3) is 0.273. The minimum atomic E-state index is -0.671. The molecule has 0 spiro atoms. The van der Waals surface area contributed by atoms with E-state index in [2.05, 4.69) is 10.3 Å². The summed E-state index contributed by atoms with van der Waals surface area (Å²) in [5.74, 6) is -0.851. The van der Waals surface area contributed by atoms with Gasteiger partial charge in [-0.2, -0.15) is 0 Å². The van der Waals surface area contributed by atoms with Gasteiger partial charge in [-0.25, -0.2) is 4.39 Å². The van der Waals surface area contributed by atoms with Crippen LogP contribution in [0.25, 0.3) is 10.9 Å². The first-order valence-corrected chi connectivity index (χ1v) is 9.52. The molecule has 2 amide bonds.